The number of hydrogen-bond acceptors (Lipinski definition) is 2. The zero-order valence-electron chi connectivity index (χ0n) is 11.4. The van der Waals surface area contributed by atoms with Crippen LogP contribution in [0.25, 0.3) is 11.0 Å². The topological polar surface area (TPSA) is 55.1 Å². The first-order valence-electron chi connectivity index (χ1n) is 6.50. The fourth-order valence-corrected chi connectivity index (χ4v) is 2.79. The smallest absolute Gasteiger partial charge is 0.335 e. The van der Waals surface area contributed by atoms with E-state index in [1.807, 2.05) is 31.2 Å². The van der Waals surface area contributed by atoms with Crippen LogP contribution in [0.4, 0.5) is 0 Å². The minimum absolute atomic E-state index is 0.257. The predicted octanol–water partition coefficient (Wildman–Crippen LogP) is 3.85. The molecule has 5 heteroatoms. The molecule has 0 radical (unpaired) electrons. The highest BCUT2D eigenvalue weighted by Gasteiger charge is 2.11. The first-order valence-corrected chi connectivity index (χ1v) is 7.29. The van der Waals surface area contributed by atoms with Crippen molar-refractivity contribution in [2.45, 2.75) is 13.5 Å². The van der Waals surface area contributed by atoms with Gasteiger partial charge in [0.1, 0.15) is 5.82 Å². The maximum Gasteiger partial charge on any atom is 0.335 e. The number of aryl methyl sites for hydroxylation is 1. The summed E-state index contributed by atoms with van der Waals surface area (Å²) in [5, 5.41) is 9.05. The summed E-state index contributed by atoms with van der Waals surface area (Å²) in [4.78, 5) is 15.5. The van der Waals surface area contributed by atoms with Crippen LogP contribution in [0.5, 0.6) is 0 Å². The van der Waals surface area contributed by atoms with Crippen molar-refractivity contribution in [2.75, 3.05) is 0 Å². The van der Waals surface area contributed by atoms with Gasteiger partial charge in [0.15, 0.2) is 0 Å². The van der Waals surface area contributed by atoms with E-state index in [0.29, 0.717) is 12.1 Å². The van der Waals surface area contributed by atoms with Crippen LogP contribution in [0.15, 0.2) is 46.9 Å². The third kappa shape index (κ3) is 2.56. The molecule has 0 aliphatic rings. The van der Waals surface area contributed by atoms with E-state index >= 15 is 0 Å². The van der Waals surface area contributed by atoms with Gasteiger partial charge < -0.3 is 9.67 Å². The fourth-order valence-electron chi connectivity index (χ4n) is 2.38. The minimum Gasteiger partial charge on any atom is -0.478 e. The Bertz CT molecular complexity index is 839. The maximum atomic E-state index is 11.0. The molecule has 0 atom stereocenters. The van der Waals surface area contributed by atoms with E-state index in [2.05, 4.69) is 31.5 Å². The fraction of sp³-hybridized carbons (Fsp3) is 0.125. The van der Waals surface area contributed by atoms with E-state index in [9.17, 15) is 4.79 Å². The van der Waals surface area contributed by atoms with E-state index < -0.39 is 5.97 Å². The second-order valence-corrected chi connectivity index (χ2v) is 5.70. The van der Waals surface area contributed by atoms with Crippen LogP contribution in [-0.4, -0.2) is 20.6 Å². The number of carbonyl (C=O) groups is 1. The molecule has 0 saturated heterocycles. The molecule has 0 fully saturated rings. The lowest BCUT2D eigenvalue weighted by Gasteiger charge is -2.09. The van der Waals surface area contributed by atoms with Gasteiger partial charge in [-0.25, -0.2) is 9.78 Å². The van der Waals surface area contributed by atoms with Crippen molar-refractivity contribution < 1.29 is 9.90 Å². The monoisotopic (exact) mass is 344 g/mol. The van der Waals surface area contributed by atoms with E-state index in [1.165, 1.54) is 0 Å². The Labute approximate surface area is 130 Å². The Hall–Kier alpha value is -2.14. The van der Waals surface area contributed by atoms with Crippen molar-refractivity contribution in [1.82, 2.24) is 9.55 Å². The Morgan fingerprint density at radius 3 is 2.76 bits per heavy atom. The van der Waals surface area contributed by atoms with Crippen LogP contribution >= 0.6 is 15.9 Å². The molecule has 0 aliphatic heterocycles. The third-order valence-corrected chi connectivity index (χ3v) is 4.25. The molecule has 0 unspecified atom stereocenters. The first kappa shape index (κ1) is 13.8. The summed E-state index contributed by atoms with van der Waals surface area (Å²) in [6, 6.07) is 13.1. The van der Waals surface area contributed by atoms with Crippen molar-refractivity contribution in [1.29, 1.82) is 0 Å². The van der Waals surface area contributed by atoms with Gasteiger partial charge in [-0.1, -0.05) is 34.1 Å². The lowest BCUT2D eigenvalue weighted by molar-refractivity contribution is 0.0697. The highest BCUT2D eigenvalue weighted by molar-refractivity contribution is 9.10. The van der Waals surface area contributed by atoms with Gasteiger partial charge in [0.05, 0.1) is 23.1 Å². The summed E-state index contributed by atoms with van der Waals surface area (Å²) in [6.45, 7) is 2.62. The van der Waals surface area contributed by atoms with E-state index in [1.54, 1.807) is 12.1 Å². The molecule has 2 aromatic carbocycles. The largest absolute Gasteiger partial charge is 0.478 e. The number of aromatic carboxylic acids is 1. The lowest BCUT2D eigenvalue weighted by Crippen LogP contribution is -2.02. The van der Waals surface area contributed by atoms with Crippen LogP contribution in [0.1, 0.15) is 21.7 Å². The number of benzene rings is 2. The van der Waals surface area contributed by atoms with Crippen LogP contribution in [0.3, 0.4) is 0 Å². The Kier molecular flexibility index (Phi) is 3.51. The molecule has 0 spiro atoms. The molecule has 3 rings (SSSR count). The number of halogens is 1. The van der Waals surface area contributed by atoms with E-state index in [4.69, 9.17) is 5.11 Å². The summed E-state index contributed by atoms with van der Waals surface area (Å²) in [5.74, 6) is -0.0711. The number of hydrogen-bond donors (Lipinski definition) is 1. The molecular formula is C16H13BrN2O2. The molecular weight excluding hydrogens is 332 g/mol. The van der Waals surface area contributed by atoms with Crippen molar-refractivity contribution in [2.24, 2.45) is 0 Å². The summed E-state index contributed by atoms with van der Waals surface area (Å²) in [7, 11) is 0. The van der Waals surface area contributed by atoms with E-state index in [0.717, 1.165) is 21.4 Å². The van der Waals surface area contributed by atoms with Crippen molar-refractivity contribution in [3.8, 4) is 0 Å². The molecule has 0 amide bonds. The van der Waals surface area contributed by atoms with Crippen LogP contribution in [0, 0.1) is 6.92 Å². The highest BCUT2D eigenvalue weighted by Crippen LogP contribution is 2.22. The summed E-state index contributed by atoms with van der Waals surface area (Å²) in [5.41, 5.74) is 3.06. The Morgan fingerprint density at radius 2 is 2.05 bits per heavy atom. The number of fused-ring (bicyclic) bond motifs is 1. The number of nitrogens with zero attached hydrogens (tertiary/aromatic N) is 2. The zero-order chi connectivity index (χ0) is 15.0. The number of aromatic nitrogens is 2. The summed E-state index contributed by atoms with van der Waals surface area (Å²) >= 11 is 3.55. The van der Waals surface area contributed by atoms with E-state index in [-0.39, 0.29) is 5.56 Å². The van der Waals surface area contributed by atoms with Crippen molar-refractivity contribution in [3.63, 3.8) is 0 Å². The lowest BCUT2D eigenvalue weighted by atomic mass is 10.2. The Balaban J connectivity index is 2.09. The van der Waals surface area contributed by atoms with Gasteiger partial charge in [-0.15, -0.1) is 0 Å². The second-order valence-electron chi connectivity index (χ2n) is 4.85. The van der Waals surface area contributed by atoms with Crippen molar-refractivity contribution in [3.05, 3.63) is 63.9 Å². The summed E-state index contributed by atoms with van der Waals surface area (Å²) in [6.07, 6.45) is 0. The molecule has 1 N–H and O–H groups in total. The van der Waals surface area contributed by atoms with Gasteiger partial charge in [-0.05, 0) is 36.8 Å². The standard InChI is InChI=1S/C16H13BrN2O2/c1-10-18-14-8-11(16(20)21)6-7-15(14)19(10)9-12-4-2-3-5-13(12)17/h2-8H,9H2,1H3,(H,20,21). The quantitative estimate of drug-likeness (QED) is 0.784. The van der Waals surface area contributed by atoms with Gasteiger partial charge in [0.2, 0.25) is 0 Å². The number of imidazole rings is 1. The van der Waals surface area contributed by atoms with Crippen LogP contribution in [-0.2, 0) is 6.54 Å². The average molecular weight is 345 g/mol. The minimum atomic E-state index is -0.935. The first-order chi connectivity index (χ1) is 10.1. The normalized spacial score (nSPS) is 11.0. The predicted molar refractivity (Wildman–Crippen MR) is 84.7 cm³/mol. The number of rotatable bonds is 3. The van der Waals surface area contributed by atoms with Crippen LogP contribution < -0.4 is 0 Å². The molecule has 1 heterocycles. The average Bonchev–Trinajstić information content (AvgIpc) is 2.76. The van der Waals surface area contributed by atoms with Gasteiger partial charge in [-0.3, -0.25) is 0 Å². The van der Waals surface area contributed by atoms with Gasteiger partial charge in [-0.2, -0.15) is 0 Å². The van der Waals surface area contributed by atoms with Gasteiger partial charge in [0.25, 0.3) is 0 Å². The SMILES string of the molecule is Cc1nc2cc(C(=O)O)ccc2n1Cc1ccccc1Br. The third-order valence-electron chi connectivity index (χ3n) is 3.47. The summed E-state index contributed by atoms with van der Waals surface area (Å²) < 4.78 is 3.13. The second kappa shape index (κ2) is 5.33. The molecule has 0 saturated carbocycles. The molecule has 106 valence electrons. The van der Waals surface area contributed by atoms with Gasteiger partial charge >= 0.3 is 5.97 Å². The molecule has 4 nitrogen and oxygen atoms in total. The zero-order valence-corrected chi connectivity index (χ0v) is 13.0. The van der Waals surface area contributed by atoms with Crippen molar-refractivity contribution >= 4 is 32.9 Å². The highest BCUT2D eigenvalue weighted by atomic mass is 79.9. The maximum absolute atomic E-state index is 11.0. The Morgan fingerprint density at radius 1 is 1.29 bits per heavy atom. The molecule has 0 bridgehead atoms. The van der Waals surface area contributed by atoms with Gasteiger partial charge in [0, 0.05) is 4.47 Å². The number of carboxylic acids is 1. The molecule has 0 aliphatic carbocycles. The molecule has 3 aromatic rings. The number of carboxylic acid groups (broad SMARTS) is 1. The molecule has 21 heavy (non-hydrogen) atoms. The van der Waals surface area contributed by atoms with Crippen LogP contribution in [0.2, 0.25) is 0 Å². The molecule has 1 aromatic heterocycles.